The summed E-state index contributed by atoms with van der Waals surface area (Å²) in [4.78, 5) is 11.4. The molecule has 1 aromatic carbocycles. The van der Waals surface area contributed by atoms with Gasteiger partial charge in [-0.3, -0.25) is 4.79 Å². The van der Waals surface area contributed by atoms with Crippen molar-refractivity contribution in [1.82, 2.24) is 0 Å². The van der Waals surface area contributed by atoms with Gasteiger partial charge in [0.15, 0.2) is 5.78 Å². The molecule has 0 amide bonds. The van der Waals surface area contributed by atoms with Crippen LogP contribution in [-0.4, -0.2) is 11.9 Å². The summed E-state index contributed by atoms with van der Waals surface area (Å²) >= 11 is 0. The summed E-state index contributed by atoms with van der Waals surface area (Å²) in [7, 11) is 0. The summed E-state index contributed by atoms with van der Waals surface area (Å²) in [5.41, 5.74) is 0.925. The first-order valence-electron chi connectivity index (χ1n) is 4.82. The highest BCUT2D eigenvalue weighted by molar-refractivity contribution is 5.81. The van der Waals surface area contributed by atoms with Crippen molar-refractivity contribution >= 4 is 5.78 Å². The van der Waals surface area contributed by atoms with Crippen LogP contribution in [0.4, 0.5) is 0 Å². The maximum atomic E-state index is 11.4. The molecule has 0 aromatic heterocycles. The van der Waals surface area contributed by atoms with E-state index >= 15 is 0 Å². The highest BCUT2D eigenvalue weighted by atomic mass is 16.5. The lowest BCUT2D eigenvalue weighted by atomic mass is 10.1. The van der Waals surface area contributed by atoms with E-state index in [2.05, 4.69) is 0 Å². The molecule has 0 unspecified atom stereocenters. The van der Waals surface area contributed by atoms with Gasteiger partial charge in [0, 0.05) is 0 Å². The molecular weight excluding hydrogens is 176 g/mol. The fourth-order valence-electron chi connectivity index (χ4n) is 1.31. The van der Waals surface area contributed by atoms with Crippen molar-refractivity contribution in [3.05, 3.63) is 35.9 Å². The summed E-state index contributed by atoms with van der Waals surface area (Å²) < 4.78 is 5.55. The Labute approximate surface area is 84.9 Å². The number of ketones is 1. The number of ether oxygens (including phenoxy) is 1. The van der Waals surface area contributed by atoms with Crippen LogP contribution in [0.15, 0.2) is 30.3 Å². The minimum atomic E-state index is -0.420. The Morgan fingerprint density at radius 2 is 1.79 bits per heavy atom. The van der Waals surface area contributed by atoms with Gasteiger partial charge >= 0.3 is 0 Å². The van der Waals surface area contributed by atoms with Crippen molar-refractivity contribution in [1.29, 1.82) is 0 Å². The van der Waals surface area contributed by atoms with Crippen LogP contribution in [-0.2, 0) is 9.53 Å². The van der Waals surface area contributed by atoms with Gasteiger partial charge in [0.2, 0.25) is 0 Å². The summed E-state index contributed by atoms with van der Waals surface area (Å²) in [5, 5.41) is 0. The number of rotatable bonds is 4. The van der Waals surface area contributed by atoms with Gasteiger partial charge in [0.25, 0.3) is 0 Å². The lowest BCUT2D eigenvalue weighted by Gasteiger charge is -2.17. The highest BCUT2D eigenvalue weighted by Gasteiger charge is 2.17. The number of hydrogen-bond donors (Lipinski definition) is 0. The van der Waals surface area contributed by atoms with Gasteiger partial charge in [-0.2, -0.15) is 0 Å². The molecule has 0 aliphatic heterocycles. The Kier molecular flexibility index (Phi) is 3.84. The molecule has 1 atom stereocenters. The molecule has 0 radical (unpaired) electrons. The van der Waals surface area contributed by atoms with Crippen LogP contribution in [0.25, 0.3) is 0 Å². The first-order chi connectivity index (χ1) is 6.61. The maximum absolute atomic E-state index is 11.4. The summed E-state index contributed by atoms with van der Waals surface area (Å²) in [6, 6.07) is 9.57. The minimum absolute atomic E-state index is 0.0462. The summed E-state index contributed by atoms with van der Waals surface area (Å²) in [6.45, 7) is 5.41. The van der Waals surface area contributed by atoms with Crippen LogP contribution in [0.1, 0.15) is 32.4 Å². The van der Waals surface area contributed by atoms with Gasteiger partial charge in [0.1, 0.15) is 6.10 Å². The van der Waals surface area contributed by atoms with Crippen molar-refractivity contribution in [2.24, 2.45) is 0 Å². The molecule has 2 heteroatoms. The van der Waals surface area contributed by atoms with Crippen LogP contribution in [0.3, 0.4) is 0 Å². The quantitative estimate of drug-likeness (QED) is 0.733. The summed E-state index contributed by atoms with van der Waals surface area (Å²) in [6.07, 6.45) is -0.361. The minimum Gasteiger partial charge on any atom is -0.363 e. The number of Topliss-reactive ketones (excluding diaryl/α,β-unsaturated/α-hetero) is 1. The van der Waals surface area contributed by atoms with Crippen molar-refractivity contribution in [2.75, 3.05) is 0 Å². The molecule has 2 nitrogen and oxygen atoms in total. The second-order valence-corrected chi connectivity index (χ2v) is 3.59. The van der Waals surface area contributed by atoms with E-state index in [9.17, 15) is 4.79 Å². The molecule has 0 saturated heterocycles. The lowest BCUT2D eigenvalue weighted by molar-refractivity contribution is -0.131. The summed E-state index contributed by atoms with van der Waals surface area (Å²) in [5.74, 6) is 0.0462. The smallest absolute Gasteiger partial charge is 0.163 e. The fourth-order valence-corrected chi connectivity index (χ4v) is 1.31. The molecule has 0 spiro atoms. The molecular formula is C12H16O2. The molecule has 0 aliphatic rings. The molecule has 76 valence electrons. The molecule has 1 rings (SSSR count). The number of carbonyl (C=O) groups is 1. The second kappa shape index (κ2) is 4.91. The normalized spacial score (nSPS) is 12.9. The van der Waals surface area contributed by atoms with E-state index in [1.807, 2.05) is 44.2 Å². The molecule has 0 heterocycles. The first kappa shape index (κ1) is 10.9. The predicted molar refractivity (Wildman–Crippen MR) is 56.1 cm³/mol. The first-order valence-corrected chi connectivity index (χ1v) is 4.82. The Morgan fingerprint density at radius 3 is 2.21 bits per heavy atom. The van der Waals surface area contributed by atoms with E-state index in [1.165, 1.54) is 0 Å². The molecule has 1 aromatic rings. The van der Waals surface area contributed by atoms with Gasteiger partial charge in [-0.15, -0.1) is 0 Å². The molecule has 0 saturated carbocycles. The topological polar surface area (TPSA) is 26.3 Å². The zero-order chi connectivity index (χ0) is 10.6. The van der Waals surface area contributed by atoms with E-state index in [1.54, 1.807) is 6.92 Å². The average molecular weight is 192 g/mol. The zero-order valence-electron chi connectivity index (χ0n) is 8.86. The van der Waals surface area contributed by atoms with Gasteiger partial charge in [-0.05, 0) is 26.3 Å². The lowest BCUT2D eigenvalue weighted by Crippen LogP contribution is -2.17. The van der Waals surface area contributed by atoms with Crippen molar-refractivity contribution < 1.29 is 9.53 Å². The van der Waals surface area contributed by atoms with Crippen LogP contribution in [0, 0.1) is 0 Å². The van der Waals surface area contributed by atoms with Crippen molar-refractivity contribution in [2.45, 2.75) is 33.0 Å². The van der Waals surface area contributed by atoms with E-state index < -0.39 is 6.10 Å². The van der Waals surface area contributed by atoms with Crippen LogP contribution in [0.5, 0.6) is 0 Å². The Balaban J connectivity index is 2.84. The van der Waals surface area contributed by atoms with Gasteiger partial charge in [-0.1, -0.05) is 30.3 Å². The van der Waals surface area contributed by atoms with E-state index in [-0.39, 0.29) is 11.9 Å². The maximum Gasteiger partial charge on any atom is 0.163 e. The van der Waals surface area contributed by atoms with Crippen LogP contribution in [0.2, 0.25) is 0 Å². The third-order valence-corrected chi connectivity index (χ3v) is 1.88. The Hall–Kier alpha value is -1.15. The molecule has 0 fully saturated rings. The van der Waals surface area contributed by atoms with E-state index in [0.29, 0.717) is 0 Å². The van der Waals surface area contributed by atoms with Gasteiger partial charge in [0.05, 0.1) is 6.10 Å². The predicted octanol–water partition coefficient (Wildman–Crippen LogP) is 2.74. The van der Waals surface area contributed by atoms with Crippen LogP contribution < -0.4 is 0 Å². The standard InChI is InChI=1S/C12H16O2/c1-9(2)14-12(10(3)13)11-7-5-4-6-8-11/h4-9,12H,1-3H3/t12-/m1/s1. The Morgan fingerprint density at radius 1 is 1.21 bits per heavy atom. The highest BCUT2D eigenvalue weighted by Crippen LogP contribution is 2.19. The number of hydrogen-bond acceptors (Lipinski definition) is 2. The number of benzene rings is 1. The SMILES string of the molecule is CC(=O)[C@@H](OC(C)C)c1ccccc1. The van der Waals surface area contributed by atoms with Crippen molar-refractivity contribution in [3.63, 3.8) is 0 Å². The Bertz CT molecular complexity index is 290. The third kappa shape index (κ3) is 2.96. The molecule has 0 bridgehead atoms. The van der Waals surface area contributed by atoms with Crippen molar-refractivity contribution in [3.8, 4) is 0 Å². The van der Waals surface area contributed by atoms with Crippen LogP contribution >= 0.6 is 0 Å². The van der Waals surface area contributed by atoms with Gasteiger partial charge < -0.3 is 4.74 Å². The zero-order valence-corrected chi connectivity index (χ0v) is 8.86. The molecule has 0 N–H and O–H groups in total. The van der Waals surface area contributed by atoms with E-state index in [4.69, 9.17) is 4.74 Å². The monoisotopic (exact) mass is 192 g/mol. The molecule has 14 heavy (non-hydrogen) atoms. The fraction of sp³-hybridized carbons (Fsp3) is 0.417. The largest absolute Gasteiger partial charge is 0.363 e. The third-order valence-electron chi connectivity index (χ3n) is 1.88. The molecule has 0 aliphatic carbocycles. The van der Waals surface area contributed by atoms with E-state index in [0.717, 1.165) is 5.56 Å². The number of carbonyl (C=O) groups excluding carboxylic acids is 1. The average Bonchev–Trinajstić information content (AvgIpc) is 2.15. The van der Waals surface area contributed by atoms with Gasteiger partial charge in [-0.25, -0.2) is 0 Å². The second-order valence-electron chi connectivity index (χ2n) is 3.59.